The maximum atomic E-state index is 4.21. The van der Waals surface area contributed by atoms with E-state index in [9.17, 15) is 0 Å². The number of rotatable bonds is 6. The first-order chi connectivity index (χ1) is 8.72. The fraction of sp³-hybridized carbons (Fsp3) is 0.538. The highest BCUT2D eigenvalue weighted by molar-refractivity contribution is 7.11. The molecule has 0 bridgehead atoms. The van der Waals surface area contributed by atoms with E-state index in [1.807, 2.05) is 24.6 Å². The molecule has 0 spiro atoms. The third-order valence-corrected chi connectivity index (χ3v) is 4.15. The lowest BCUT2D eigenvalue weighted by molar-refractivity contribution is 0.539. The molecular formula is C13H20N4S. The first kappa shape index (κ1) is 13.2. The van der Waals surface area contributed by atoms with E-state index in [1.165, 1.54) is 9.75 Å². The summed E-state index contributed by atoms with van der Waals surface area (Å²) in [6.45, 7) is 5.25. The highest BCUT2D eigenvalue weighted by Crippen LogP contribution is 2.23. The van der Waals surface area contributed by atoms with Crippen LogP contribution >= 0.6 is 11.3 Å². The van der Waals surface area contributed by atoms with Crippen LogP contribution in [0.15, 0.2) is 18.3 Å². The van der Waals surface area contributed by atoms with Crippen molar-refractivity contribution in [2.75, 3.05) is 6.54 Å². The molecule has 0 saturated carbocycles. The van der Waals surface area contributed by atoms with E-state index in [1.54, 1.807) is 4.68 Å². The standard InChI is InChI=1S/C13H20N4S/c1-4-10-6-7-11(18-10)8-12(14-5-2)13-9-17(3)16-15-13/h6-7,9,12,14H,4-5,8H2,1-3H3. The van der Waals surface area contributed by atoms with Crippen molar-refractivity contribution in [1.82, 2.24) is 20.3 Å². The predicted octanol–water partition coefficient (Wildman–Crippen LogP) is 2.33. The van der Waals surface area contributed by atoms with Gasteiger partial charge in [0.25, 0.3) is 0 Å². The number of hydrogen-bond donors (Lipinski definition) is 1. The monoisotopic (exact) mass is 264 g/mol. The normalized spacial score (nSPS) is 12.8. The van der Waals surface area contributed by atoms with Gasteiger partial charge in [-0.3, -0.25) is 4.68 Å². The Morgan fingerprint density at radius 1 is 1.33 bits per heavy atom. The average molecular weight is 264 g/mol. The second kappa shape index (κ2) is 6.11. The molecule has 0 fully saturated rings. The molecule has 1 unspecified atom stereocenters. The Balaban J connectivity index is 2.10. The number of aromatic nitrogens is 3. The van der Waals surface area contributed by atoms with Crippen LogP contribution < -0.4 is 5.32 Å². The van der Waals surface area contributed by atoms with Crippen molar-refractivity contribution < 1.29 is 0 Å². The van der Waals surface area contributed by atoms with E-state index in [0.717, 1.165) is 25.1 Å². The topological polar surface area (TPSA) is 42.7 Å². The fourth-order valence-corrected chi connectivity index (χ4v) is 2.98. The lowest BCUT2D eigenvalue weighted by atomic mass is 10.1. The summed E-state index contributed by atoms with van der Waals surface area (Å²) < 4.78 is 1.76. The Kier molecular flexibility index (Phi) is 4.49. The number of nitrogens with zero attached hydrogens (tertiary/aromatic N) is 3. The van der Waals surface area contributed by atoms with Crippen molar-refractivity contribution in [2.45, 2.75) is 32.7 Å². The van der Waals surface area contributed by atoms with Crippen LogP contribution in [0.3, 0.4) is 0 Å². The fourth-order valence-electron chi connectivity index (χ4n) is 1.98. The minimum atomic E-state index is 0.257. The van der Waals surface area contributed by atoms with Gasteiger partial charge < -0.3 is 5.32 Å². The molecule has 0 aliphatic carbocycles. The molecule has 0 saturated heterocycles. The second-order valence-electron chi connectivity index (χ2n) is 4.35. The molecule has 2 heterocycles. The predicted molar refractivity (Wildman–Crippen MR) is 74.8 cm³/mol. The van der Waals surface area contributed by atoms with Crippen LogP contribution in [0.25, 0.3) is 0 Å². The van der Waals surface area contributed by atoms with Crippen molar-refractivity contribution in [3.63, 3.8) is 0 Å². The Morgan fingerprint density at radius 2 is 2.11 bits per heavy atom. The van der Waals surface area contributed by atoms with Crippen molar-refractivity contribution in [3.8, 4) is 0 Å². The molecule has 4 nitrogen and oxygen atoms in total. The average Bonchev–Trinajstić information content (AvgIpc) is 2.97. The van der Waals surface area contributed by atoms with Crippen LogP contribution in [0.5, 0.6) is 0 Å². The van der Waals surface area contributed by atoms with Crippen LogP contribution in [-0.2, 0) is 19.9 Å². The Labute approximate surface area is 112 Å². The van der Waals surface area contributed by atoms with Crippen LogP contribution in [0, 0.1) is 0 Å². The van der Waals surface area contributed by atoms with Gasteiger partial charge in [-0.15, -0.1) is 16.4 Å². The van der Waals surface area contributed by atoms with Gasteiger partial charge in [-0.2, -0.15) is 0 Å². The van der Waals surface area contributed by atoms with Crippen molar-refractivity contribution in [1.29, 1.82) is 0 Å². The van der Waals surface area contributed by atoms with E-state index in [4.69, 9.17) is 0 Å². The summed E-state index contributed by atoms with van der Waals surface area (Å²) in [5.74, 6) is 0. The van der Waals surface area contributed by atoms with Gasteiger partial charge in [0.05, 0.1) is 11.7 Å². The van der Waals surface area contributed by atoms with Gasteiger partial charge >= 0.3 is 0 Å². The number of aryl methyl sites for hydroxylation is 2. The lowest BCUT2D eigenvalue weighted by Gasteiger charge is -2.13. The van der Waals surface area contributed by atoms with Crippen molar-refractivity contribution >= 4 is 11.3 Å². The van der Waals surface area contributed by atoms with Gasteiger partial charge in [0.15, 0.2) is 0 Å². The Bertz CT molecular complexity index is 489. The highest BCUT2D eigenvalue weighted by Gasteiger charge is 2.15. The van der Waals surface area contributed by atoms with E-state index in [2.05, 4.69) is 41.6 Å². The third-order valence-electron chi connectivity index (χ3n) is 2.90. The van der Waals surface area contributed by atoms with Gasteiger partial charge in [-0.05, 0) is 25.1 Å². The minimum Gasteiger partial charge on any atom is -0.308 e. The first-order valence-electron chi connectivity index (χ1n) is 6.40. The summed E-state index contributed by atoms with van der Waals surface area (Å²) in [4.78, 5) is 2.85. The van der Waals surface area contributed by atoms with Gasteiger partial charge in [0.2, 0.25) is 0 Å². The van der Waals surface area contributed by atoms with Crippen molar-refractivity contribution in [3.05, 3.63) is 33.8 Å². The molecular weight excluding hydrogens is 244 g/mol. The second-order valence-corrected chi connectivity index (χ2v) is 5.61. The molecule has 0 amide bonds. The largest absolute Gasteiger partial charge is 0.308 e. The molecule has 2 aromatic heterocycles. The SMILES string of the molecule is CCNC(Cc1ccc(CC)s1)c1cn(C)nn1. The smallest absolute Gasteiger partial charge is 0.0999 e. The maximum absolute atomic E-state index is 4.21. The van der Waals surface area contributed by atoms with E-state index < -0.39 is 0 Å². The summed E-state index contributed by atoms with van der Waals surface area (Å²) in [6, 6.07) is 4.70. The van der Waals surface area contributed by atoms with Crippen LogP contribution in [-0.4, -0.2) is 21.5 Å². The zero-order valence-corrected chi connectivity index (χ0v) is 12.0. The lowest BCUT2D eigenvalue weighted by Crippen LogP contribution is -2.23. The number of nitrogens with one attached hydrogen (secondary N) is 1. The van der Waals surface area contributed by atoms with Crippen LogP contribution in [0.2, 0.25) is 0 Å². The Hall–Kier alpha value is -1.20. The molecule has 0 aliphatic heterocycles. The van der Waals surface area contributed by atoms with Gasteiger partial charge in [-0.25, -0.2) is 0 Å². The molecule has 0 aromatic carbocycles. The van der Waals surface area contributed by atoms with Crippen molar-refractivity contribution in [2.24, 2.45) is 7.05 Å². The molecule has 18 heavy (non-hydrogen) atoms. The maximum Gasteiger partial charge on any atom is 0.0999 e. The number of thiophene rings is 1. The van der Waals surface area contributed by atoms with E-state index >= 15 is 0 Å². The summed E-state index contributed by atoms with van der Waals surface area (Å²) in [6.07, 6.45) is 4.08. The first-order valence-corrected chi connectivity index (χ1v) is 7.21. The highest BCUT2D eigenvalue weighted by atomic mass is 32.1. The summed E-state index contributed by atoms with van der Waals surface area (Å²) in [5, 5.41) is 11.7. The molecule has 5 heteroatoms. The summed E-state index contributed by atoms with van der Waals surface area (Å²) in [7, 11) is 1.90. The van der Waals surface area contributed by atoms with E-state index in [-0.39, 0.29) is 6.04 Å². The Morgan fingerprint density at radius 3 is 2.67 bits per heavy atom. The molecule has 1 atom stereocenters. The zero-order valence-electron chi connectivity index (χ0n) is 11.2. The van der Waals surface area contributed by atoms with Gasteiger partial charge in [-0.1, -0.05) is 19.1 Å². The number of likely N-dealkylation sites (N-methyl/N-ethyl adjacent to an activating group) is 1. The molecule has 0 radical (unpaired) electrons. The molecule has 0 aliphatic rings. The minimum absolute atomic E-state index is 0.257. The summed E-state index contributed by atoms with van der Waals surface area (Å²) >= 11 is 1.89. The van der Waals surface area contributed by atoms with Gasteiger partial charge in [0.1, 0.15) is 0 Å². The molecule has 2 aromatic rings. The van der Waals surface area contributed by atoms with E-state index in [0.29, 0.717) is 0 Å². The van der Waals surface area contributed by atoms with Gasteiger partial charge in [0, 0.05) is 29.4 Å². The van der Waals surface area contributed by atoms with Crippen LogP contribution in [0.4, 0.5) is 0 Å². The number of hydrogen-bond acceptors (Lipinski definition) is 4. The molecule has 98 valence electrons. The summed E-state index contributed by atoms with van der Waals surface area (Å²) in [5.41, 5.74) is 1.02. The quantitative estimate of drug-likeness (QED) is 0.871. The molecule has 1 N–H and O–H groups in total. The third kappa shape index (κ3) is 3.17. The van der Waals surface area contributed by atoms with Crippen LogP contribution in [0.1, 0.15) is 35.3 Å². The zero-order chi connectivity index (χ0) is 13.0. The molecule has 2 rings (SSSR count).